The normalized spacial score (nSPS) is 11.9. The first-order chi connectivity index (χ1) is 27.9. The van der Waals surface area contributed by atoms with Crippen LogP contribution in [0.2, 0.25) is 0 Å². The number of benzene rings is 6. The molecule has 0 saturated heterocycles. The monoisotopic (exact) mass is 907 g/mol. The Bertz CT molecular complexity index is 2870. The van der Waals surface area contributed by atoms with Crippen molar-refractivity contribution in [2.75, 3.05) is 0 Å². The maximum Gasteiger partial charge on any atom is 0.133 e. The van der Waals surface area contributed by atoms with Crippen molar-refractivity contribution in [3.63, 3.8) is 0 Å². The molecule has 10 rings (SSSR count). The van der Waals surface area contributed by atoms with E-state index < -0.39 is 6.85 Å². The number of thiophene rings is 1. The predicted molar refractivity (Wildman–Crippen MR) is 223 cm³/mol. The zero-order valence-corrected chi connectivity index (χ0v) is 32.5. The van der Waals surface area contributed by atoms with Crippen molar-refractivity contribution in [2.45, 2.75) is 6.85 Å². The molecule has 0 spiro atoms. The van der Waals surface area contributed by atoms with Crippen molar-refractivity contribution < 1.29 is 28.6 Å². The van der Waals surface area contributed by atoms with Gasteiger partial charge in [0.05, 0.1) is 28.8 Å². The topological polar surface area (TPSA) is 43.9 Å². The predicted octanol–water partition coefficient (Wildman–Crippen LogP) is 13.2. The molecule has 4 aromatic heterocycles. The summed E-state index contributed by atoms with van der Waals surface area (Å²) in [7, 11) is 0. The van der Waals surface area contributed by atoms with E-state index in [1.807, 2.05) is 30.3 Å². The van der Waals surface area contributed by atoms with Crippen LogP contribution in [0.25, 0.3) is 83.0 Å². The quantitative estimate of drug-likeness (QED) is 0.156. The molecule has 0 aliphatic rings. The molecular weight excluding hydrogens is 871 g/mol. The van der Waals surface area contributed by atoms with Gasteiger partial charge < -0.3 is 14.0 Å². The average Bonchev–Trinajstić information content (AvgIpc) is 4.04. The van der Waals surface area contributed by atoms with Crippen molar-refractivity contribution in [1.29, 1.82) is 0 Å². The van der Waals surface area contributed by atoms with E-state index >= 15 is 0 Å². The van der Waals surface area contributed by atoms with E-state index in [0.717, 1.165) is 83.0 Å². The molecule has 0 aliphatic heterocycles. The van der Waals surface area contributed by atoms with Gasteiger partial charge in [-0.2, -0.15) is 0 Å². The number of aryl methyl sites for hydroxylation is 1. The summed E-state index contributed by atoms with van der Waals surface area (Å²) in [6.45, 7) is -2.09. The average molecular weight is 907 g/mol. The standard InChI is InChI=1S/C37H23N2OS.C12H10N.Ir/c1-3-11-25(12-4-1)28-15-9-16-29(26-13-5-2-6-14-26)36(28)39-33-18-8-7-17-32(33)38-37(39)31-24-41-35-21-20-27(23-30(31)35)34-19-10-22-40-34;1-10-7-8-12(13-9-10)11-5-3-2-4-6-11;/h1-23H;2-5,7-9H,1H3;/q2*-1;/i;1D3;. The van der Waals surface area contributed by atoms with Gasteiger partial charge in [-0.15, -0.1) is 41.3 Å². The number of hydrogen-bond acceptors (Lipinski definition) is 4. The zero-order chi connectivity index (χ0) is 38.8. The van der Waals surface area contributed by atoms with Crippen molar-refractivity contribution in [2.24, 2.45) is 0 Å². The maximum absolute atomic E-state index is 7.23. The third-order valence-corrected chi connectivity index (χ3v) is 10.2. The summed E-state index contributed by atoms with van der Waals surface area (Å²) in [6.07, 6.45) is 3.11. The molecule has 4 nitrogen and oxygen atoms in total. The van der Waals surface area contributed by atoms with Crippen LogP contribution in [0.5, 0.6) is 0 Å². The molecule has 0 bridgehead atoms. The van der Waals surface area contributed by atoms with Gasteiger partial charge in [-0.1, -0.05) is 137 Å². The fourth-order valence-electron chi connectivity index (χ4n) is 6.75. The van der Waals surface area contributed by atoms with Crippen LogP contribution in [0.3, 0.4) is 0 Å². The Balaban J connectivity index is 0.000000233. The minimum absolute atomic E-state index is 0. The number of para-hydroxylation sites is 3. The van der Waals surface area contributed by atoms with E-state index in [-0.39, 0.29) is 25.7 Å². The Hall–Kier alpha value is -6.17. The van der Waals surface area contributed by atoms with Crippen molar-refractivity contribution in [1.82, 2.24) is 14.5 Å². The SMILES string of the molecule is [2H]C([2H])([2H])c1ccc(-c2[c-]cccc2)nc1.[Ir].[c-]1sc2ccc(-c3ccco3)cc2c1-c1nc2ccccc2n1-c1c(-c2ccccc2)cccc1-c1ccccc1. The molecule has 0 amide bonds. The molecule has 55 heavy (non-hydrogen) atoms. The number of rotatable bonds is 6. The molecule has 1 radical (unpaired) electrons. The molecule has 0 aliphatic carbocycles. The van der Waals surface area contributed by atoms with E-state index in [2.05, 4.69) is 142 Å². The molecule has 0 fully saturated rings. The van der Waals surface area contributed by atoms with Gasteiger partial charge in [0.1, 0.15) is 5.76 Å². The fraction of sp³-hybridized carbons (Fsp3) is 0.0204. The number of imidazole rings is 1. The van der Waals surface area contributed by atoms with Gasteiger partial charge in [-0.3, -0.25) is 16.3 Å². The fourth-order valence-corrected chi connectivity index (χ4v) is 7.57. The summed E-state index contributed by atoms with van der Waals surface area (Å²) < 4.78 is 30.9. The summed E-state index contributed by atoms with van der Waals surface area (Å²) in [5, 5.41) is 4.73. The smallest absolute Gasteiger partial charge is 0.133 e. The number of pyridine rings is 1. The van der Waals surface area contributed by atoms with Crippen LogP contribution < -0.4 is 0 Å². The third kappa shape index (κ3) is 7.24. The van der Waals surface area contributed by atoms with Crippen LogP contribution in [-0.4, -0.2) is 14.5 Å². The Kier molecular flexibility index (Phi) is 9.42. The molecule has 4 heterocycles. The second-order valence-corrected chi connectivity index (χ2v) is 13.5. The number of aromatic nitrogens is 3. The summed E-state index contributed by atoms with van der Waals surface area (Å²) in [5.41, 5.74) is 11.6. The van der Waals surface area contributed by atoms with Crippen molar-refractivity contribution >= 4 is 32.5 Å². The van der Waals surface area contributed by atoms with Crippen LogP contribution >= 0.6 is 11.3 Å². The number of fused-ring (bicyclic) bond motifs is 2. The molecule has 0 unspecified atom stereocenters. The van der Waals surface area contributed by atoms with Crippen LogP contribution in [0.15, 0.2) is 187 Å². The number of nitrogens with zero attached hydrogens (tertiary/aromatic N) is 3. The van der Waals surface area contributed by atoms with Gasteiger partial charge in [0.25, 0.3) is 0 Å². The van der Waals surface area contributed by atoms with Crippen LogP contribution in [0.1, 0.15) is 9.68 Å². The van der Waals surface area contributed by atoms with Gasteiger partial charge in [-0.05, 0) is 53.5 Å². The van der Waals surface area contributed by atoms with Crippen molar-refractivity contribution in [3.8, 4) is 61.9 Å². The minimum Gasteiger partial charge on any atom is -0.464 e. The molecule has 6 aromatic carbocycles. The van der Waals surface area contributed by atoms with Crippen molar-refractivity contribution in [3.05, 3.63) is 199 Å². The van der Waals surface area contributed by atoms with E-state index in [0.29, 0.717) is 0 Å². The molecule has 0 N–H and O–H groups in total. The van der Waals surface area contributed by atoms with Gasteiger partial charge in [0.2, 0.25) is 0 Å². The van der Waals surface area contributed by atoms with Crippen LogP contribution in [0, 0.1) is 18.3 Å². The van der Waals surface area contributed by atoms with Gasteiger partial charge in [-0.25, -0.2) is 0 Å². The summed E-state index contributed by atoms with van der Waals surface area (Å²) >= 11 is 1.62. The molecule has 0 atom stereocenters. The van der Waals surface area contributed by atoms with E-state index in [1.165, 1.54) is 6.20 Å². The van der Waals surface area contributed by atoms with E-state index in [1.54, 1.807) is 35.8 Å². The summed E-state index contributed by atoms with van der Waals surface area (Å²) in [6, 6.07) is 60.3. The first kappa shape index (κ1) is 32.3. The Morgan fingerprint density at radius 2 is 1.44 bits per heavy atom. The second kappa shape index (κ2) is 16.1. The first-order valence-corrected chi connectivity index (χ1v) is 18.4. The maximum atomic E-state index is 7.23. The Morgan fingerprint density at radius 1 is 0.691 bits per heavy atom. The first-order valence-electron chi connectivity index (χ1n) is 19.1. The minimum atomic E-state index is -2.09. The molecule has 267 valence electrons. The number of hydrogen-bond donors (Lipinski definition) is 0. The molecule has 10 aromatic rings. The number of furan rings is 1. The molecule has 0 saturated carbocycles. The van der Waals surface area contributed by atoms with E-state index in [9.17, 15) is 0 Å². The van der Waals surface area contributed by atoms with E-state index in [4.69, 9.17) is 13.5 Å². The van der Waals surface area contributed by atoms with Gasteiger partial charge >= 0.3 is 0 Å². The van der Waals surface area contributed by atoms with Gasteiger partial charge in [0.15, 0.2) is 0 Å². The second-order valence-electron chi connectivity index (χ2n) is 12.7. The van der Waals surface area contributed by atoms with Crippen LogP contribution in [0.4, 0.5) is 0 Å². The third-order valence-electron chi connectivity index (χ3n) is 9.28. The molecule has 6 heteroatoms. The Labute approximate surface area is 342 Å². The summed E-state index contributed by atoms with van der Waals surface area (Å²) in [4.78, 5) is 9.38. The summed E-state index contributed by atoms with van der Waals surface area (Å²) in [5.74, 6) is 1.72. The largest absolute Gasteiger partial charge is 0.464 e. The van der Waals surface area contributed by atoms with Crippen LogP contribution in [-0.2, 0) is 20.1 Å². The zero-order valence-electron chi connectivity index (χ0n) is 32.3. The molecular formula is C49H33IrN3OS-2. The Morgan fingerprint density at radius 3 is 2.11 bits per heavy atom. The van der Waals surface area contributed by atoms with Gasteiger partial charge in [0, 0.05) is 47.1 Å².